The lowest BCUT2D eigenvalue weighted by molar-refractivity contribution is -0.317. The lowest BCUT2D eigenvalue weighted by Crippen LogP contribution is -2.61. The largest absolute Gasteiger partial charge is 0.488 e. The van der Waals surface area contributed by atoms with Gasteiger partial charge in [0.05, 0.1) is 35.7 Å². The minimum atomic E-state index is -1.48. The second kappa shape index (κ2) is 21.1. The molecule has 4 aliphatic rings. The molecule has 350 valence electrons. The first kappa shape index (κ1) is 52.3. The molecular formula is C44H73NO16. The molecule has 0 radical (unpaired) electrons. The number of aliphatic hydroxyl groups is 2. The van der Waals surface area contributed by atoms with Gasteiger partial charge >= 0.3 is 17.9 Å². The Morgan fingerprint density at radius 3 is 2.05 bits per heavy atom. The minimum absolute atomic E-state index is 0.164. The number of aliphatic hydroxyl groups excluding tert-OH is 2. The number of carbonyl (C=O) groups is 4. The van der Waals surface area contributed by atoms with Gasteiger partial charge in [0.1, 0.15) is 35.8 Å². The van der Waals surface area contributed by atoms with E-state index in [2.05, 4.69) is 18.7 Å². The van der Waals surface area contributed by atoms with Crippen LogP contribution in [0.15, 0.2) is 23.5 Å². The number of carboxylic acids is 2. The Morgan fingerprint density at radius 1 is 0.951 bits per heavy atom. The third-order valence-electron chi connectivity index (χ3n) is 13.2. The van der Waals surface area contributed by atoms with E-state index in [0.717, 1.165) is 5.57 Å². The number of allylic oxidation sites excluding steroid dienone is 1. The molecule has 0 saturated carbocycles. The number of likely N-dealkylation sites (N-methyl/N-ethyl adjacent to an activating group) is 1. The molecule has 3 saturated heterocycles. The van der Waals surface area contributed by atoms with Crippen molar-refractivity contribution in [2.75, 3.05) is 21.3 Å². The van der Waals surface area contributed by atoms with Crippen LogP contribution in [0, 0.1) is 17.8 Å². The third-order valence-corrected chi connectivity index (χ3v) is 13.2. The van der Waals surface area contributed by atoms with Gasteiger partial charge in [-0.25, -0.2) is 9.59 Å². The molecule has 4 aliphatic heterocycles. The molecule has 2 bridgehead atoms. The maximum absolute atomic E-state index is 14.4. The number of fused-ring (bicyclic) bond motifs is 2. The van der Waals surface area contributed by atoms with Crippen molar-refractivity contribution in [2.24, 2.45) is 17.8 Å². The SMILES string of the molecule is CC[C@H]1OC(=O)[C@H](C)[C@@H](OC2C[C@@](C)(OC)[C@@H](O)[C@H](C)O2)[C@H](C)[C@@H](O[C@@H]2O[C@H](C)C[C@H](N(C)C(C)C)[C@H]2O)[C@@]2(C)CC(C)=C(O2)[C@H](C)C(=O)[C@]1(C)OC.O=C(O)/C=C/C(=O)O. The fourth-order valence-electron chi connectivity index (χ4n) is 9.19. The van der Waals surface area contributed by atoms with Gasteiger partial charge in [0, 0.05) is 57.2 Å². The van der Waals surface area contributed by atoms with Crippen molar-refractivity contribution >= 4 is 23.7 Å². The predicted molar refractivity (Wildman–Crippen MR) is 221 cm³/mol. The second-order valence-corrected chi connectivity index (χ2v) is 18.1. The van der Waals surface area contributed by atoms with Gasteiger partial charge in [-0.15, -0.1) is 0 Å². The van der Waals surface area contributed by atoms with Crippen LogP contribution in [0.3, 0.4) is 0 Å². The zero-order valence-electron chi connectivity index (χ0n) is 38.7. The fraction of sp³-hybridized carbons (Fsp3) is 0.818. The quantitative estimate of drug-likeness (QED) is 0.168. The third kappa shape index (κ3) is 11.8. The Balaban J connectivity index is 0.00000112. The van der Waals surface area contributed by atoms with Crippen LogP contribution in [-0.2, 0) is 57.1 Å². The van der Waals surface area contributed by atoms with Gasteiger partial charge in [0.25, 0.3) is 0 Å². The van der Waals surface area contributed by atoms with Crippen molar-refractivity contribution in [1.29, 1.82) is 0 Å². The molecule has 3 fully saturated rings. The number of hydrogen-bond donors (Lipinski definition) is 4. The number of esters is 1. The van der Waals surface area contributed by atoms with Crippen LogP contribution in [0.2, 0.25) is 0 Å². The van der Waals surface area contributed by atoms with Crippen molar-refractivity contribution in [1.82, 2.24) is 4.90 Å². The normalized spacial score (nSPS) is 41.3. The summed E-state index contributed by atoms with van der Waals surface area (Å²) in [7, 11) is 4.97. The van der Waals surface area contributed by atoms with Crippen LogP contribution in [0.5, 0.6) is 0 Å². The van der Waals surface area contributed by atoms with E-state index in [1.54, 1.807) is 34.6 Å². The van der Waals surface area contributed by atoms with Gasteiger partial charge < -0.3 is 58.3 Å². The molecule has 1 unspecified atom stereocenters. The summed E-state index contributed by atoms with van der Waals surface area (Å²) in [4.78, 5) is 49.9. The number of ketones is 1. The number of ether oxygens (including phenoxy) is 8. The van der Waals surface area contributed by atoms with E-state index in [-0.39, 0.29) is 30.4 Å². The van der Waals surface area contributed by atoms with Crippen LogP contribution in [0.1, 0.15) is 109 Å². The van der Waals surface area contributed by atoms with E-state index in [9.17, 15) is 29.4 Å². The molecule has 61 heavy (non-hydrogen) atoms. The van der Waals surface area contributed by atoms with Crippen molar-refractivity contribution in [3.8, 4) is 0 Å². The van der Waals surface area contributed by atoms with Gasteiger partial charge in [0.2, 0.25) is 0 Å². The number of carbonyl (C=O) groups excluding carboxylic acids is 2. The summed E-state index contributed by atoms with van der Waals surface area (Å²) >= 11 is 0. The first-order valence-corrected chi connectivity index (χ1v) is 21.3. The molecule has 4 rings (SSSR count). The maximum Gasteiger partial charge on any atom is 0.328 e. The minimum Gasteiger partial charge on any atom is -0.488 e. The Morgan fingerprint density at radius 2 is 1.54 bits per heavy atom. The number of Topliss-reactive ketones (excluding diaryl/α,β-unsaturated/α-hetero) is 1. The van der Waals surface area contributed by atoms with E-state index in [4.69, 9.17) is 48.1 Å². The first-order valence-electron chi connectivity index (χ1n) is 21.3. The van der Waals surface area contributed by atoms with Crippen LogP contribution < -0.4 is 0 Å². The molecule has 17 heteroatoms. The number of aliphatic carboxylic acids is 2. The number of hydrogen-bond acceptors (Lipinski definition) is 15. The van der Waals surface area contributed by atoms with E-state index < -0.39 is 102 Å². The van der Waals surface area contributed by atoms with Crippen LogP contribution in [0.4, 0.5) is 0 Å². The Kier molecular flexibility index (Phi) is 18.1. The van der Waals surface area contributed by atoms with Gasteiger partial charge in [-0.1, -0.05) is 13.8 Å². The highest BCUT2D eigenvalue weighted by Gasteiger charge is 2.56. The van der Waals surface area contributed by atoms with E-state index in [1.165, 1.54) is 14.2 Å². The molecule has 17 nitrogen and oxygen atoms in total. The zero-order chi connectivity index (χ0) is 46.5. The van der Waals surface area contributed by atoms with Crippen molar-refractivity contribution in [3.63, 3.8) is 0 Å². The topological polar surface area (TPSA) is 226 Å². The average Bonchev–Trinajstić information content (AvgIpc) is 3.52. The summed E-state index contributed by atoms with van der Waals surface area (Å²) in [6, 6.07) is -0.0782. The Labute approximate surface area is 361 Å². The van der Waals surface area contributed by atoms with Crippen molar-refractivity contribution in [3.05, 3.63) is 23.5 Å². The number of methoxy groups -OCH3 is 2. The Hall–Kier alpha value is -3.00. The number of rotatable bonds is 11. The smallest absolute Gasteiger partial charge is 0.328 e. The van der Waals surface area contributed by atoms with Gasteiger partial charge in [-0.2, -0.15) is 0 Å². The van der Waals surface area contributed by atoms with Crippen LogP contribution >= 0.6 is 0 Å². The zero-order valence-corrected chi connectivity index (χ0v) is 38.7. The molecule has 0 spiro atoms. The molecule has 16 atom stereocenters. The summed E-state index contributed by atoms with van der Waals surface area (Å²) < 4.78 is 51.1. The maximum atomic E-state index is 14.4. The summed E-state index contributed by atoms with van der Waals surface area (Å²) in [6.07, 6.45) is -4.72. The molecule has 0 aromatic rings. The van der Waals surface area contributed by atoms with Gasteiger partial charge in [-0.05, 0) is 94.7 Å². The standard InChI is InChI=1S/C40H69NO12.C4H4O4/c1-16-28-40(12,47-15)33(43)23(6)31-21(4)18-39(11,53-31)35(52-37-30(42)27(17-22(5)48-37)41(13)20(2)3)24(7)32(25(8)36(45)50-28)51-29-19-38(10,46-14)34(44)26(9)49-29;5-3(6)1-2-4(7)8/h20,22-30,32,34-35,37,42,44H,16-19H2,1-15H3;1-2H,(H,5,6)(H,7,8)/b;2-1+/t22-,23+,24+,25-,26+,27+,28-,29?,30-,32+,34+,35-,37+,38-,39-,40-;/m1./s1. The van der Waals surface area contributed by atoms with E-state index in [1.807, 2.05) is 41.7 Å². The lowest BCUT2D eigenvalue weighted by atomic mass is 9.79. The molecular weight excluding hydrogens is 798 g/mol. The highest BCUT2D eigenvalue weighted by molar-refractivity contribution is 5.92. The highest BCUT2D eigenvalue weighted by Crippen LogP contribution is 2.47. The molecule has 0 aromatic carbocycles. The monoisotopic (exact) mass is 871 g/mol. The molecule has 4 heterocycles. The summed E-state index contributed by atoms with van der Waals surface area (Å²) in [6.45, 7) is 22.5. The van der Waals surface area contributed by atoms with E-state index >= 15 is 0 Å². The summed E-state index contributed by atoms with van der Waals surface area (Å²) in [5.41, 5.74) is -2.66. The van der Waals surface area contributed by atoms with Crippen LogP contribution in [-0.4, -0.2) is 154 Å². The van der Waals surface area contributed by atoms with Crippen LogP contribution in [0.25, 0.3) is 0 Å². The highest BCUT2D eigenvalue weighted by atomic mass is 16.7. The summed E-state index contributed by atoms with van der Waals surface area (Å²) in [5, 5.41) is 38.4. The second-order valence-electron chi connectivity index (χ2n) is 18.1. The average molecular weight is 872 g/mol. The fourth-order valence-corrected chi connectivity index (χ4v) is 9.19. The first-order chi connectivity index (χ1) is 28.2. The van der Waals surface area contributed by atoms with Crippen molar-refractivity contribution < 1.29 is 77.5 Å². The number of nitrogens with zero attached hydrogens (tertiary/aromatic N) is 1. The van der Waals surface area contributed by atoms with Gasteiger partial charge in [-0.3, -0.25) is 14.5 Å². The number of carboxylic acid groups (broad SMARTS) is 2. The van der Waals surface area contributed by atoms with E-state index in [0.29, 0.717) is 37.2 Å². The molecule has 4 N–H and O–H groups in total. The molecule has 0 aromatic heterocycles. The predicted octanol–water partition coefficient (Wildman–Crippen LogP) is 4.25. The summed E-state index contributed by atoms with van der Waals surface area (Å²) in [5.74, 6) is -5.10. The van der Waals surface area contributed by atoms with Crippen molar-refractivity contribution in [2.45, 2.75) is 193 Å². The van der Waals surface area contributed by atoms with Gasteiger partial charge in [0.15, 0.2) is 24.0 Å². The lowest BCUT2D eigenvalue weighted by Gasteiger charge is -2.49. The Bertz CT molecular complexity index is 1590. The molecule has 0 amide bonds. The molecule has 0 aliphatic carbocycles. The number of cyclic esters (lactones) is 1.